The predicted octanol–water partition coefficient (Wildman–Crippen LogP) is 2.74. The molecule has 1 amide bonds. The van der Waals surface area contributed by atoms with E-state index < -0.39 is 23.1 Å². The second-order valence-corrected chi connectivity index (χ2v) is 6.50. The number of aliphatic hydroxyl groups is 1. The van der Waals surface area contributed by atoms with Crippen molar-refractivity contribution in [3.63, 3.8) is 0 Å². The lowest BCUT2D eigenvalue weighted by atomic mass is 9.72. The normalized spacial score (nSPS) is 29.2. The first kappa shape index (κ1) is 16.2. The van der Waals surface area contributed by atoms with E-state index in [2.05, 4.69) is 0 Å². The van der Waals surface area contributed by atoms with Crippen LogP contribution in [-0.4, -0.2) is 41.7 Å². The maximum atomic E-state index is 14.2. The van der Waals surface area contributed by atoms with Crippen LogP contribution in [0.3, 0.4) is 0 Å². The number of benzene rings is 1. The summed E-state index contributed by atoms with van der Waals surface area (Å²) in [5.41, 5.74) is -0.884. The van der Waals surface area contributed by atoms with Crippen LogP contribution < -0.4 is 4.74 Å². The van der Waals surface area contributed by atoms with E-state index in [0.717, 1.165) is 31.4 Å². The van der Waals surface area contributed by atoms with E-state index in [-0.39, 0.29) is 29.9 Å². The fraction of sp³-hybridized carbons (Fsp3) is 0.588. The molecule has 1 aromatic rings. The second-order valence-electron chi connectivity index (χ2n) is 6.50. The Bertz CT molecular complexity index is 607. The van der Waals surface area contributed by atoms with Crippen molar-refractivity contribution in [3.8, 4) is 5.75 Å². The van der Waals surface area contributed by atoms with Gasteiger partial charge in [-0.3, -0.25) is 4.79 Å². The van der Waals surface area contributed by atoms with E-state index >= 15 is 0 Å². The molecular weight excluding hydrogens is 304 g/mol. The minimum atomic E-state index is -0.913. The Hall–Kier alpha value is -1.69. The fourth-order valence-corrected chi connectivity index (χ4v) is 4.26. The molecule has 0 saturated carbocycles. The molecule has 3 atom stereocenters. The first-order chi connectivity index (χ1) is 11.0. The van der Waals surface area contributed by atoms with E-state index in [1.54, 1.807) is 4.90 Å². The molecule has 126 valence electrons. The zero-order valence-electron chi connectivity index (χ0n) is 13.3. The molecule has 2 aliphatic rings. The Balaban J connectivity index is 1.96. The highest BCUT2D eigenvalue weighted by atomic mass is 19.1. The van der Waals surface area contributed by atoms with Crippen LogP contribution >= 0.6 is 0 Å². The molecule has 0 aromatic heterocycles. The predicted molar refractivity (Wildman–Crippen MR) is 80.3 cm³/mol. The molecule has 2 saturated heterocycles. The molecule has 2 heterocycles. The third-order valence-electron chi connectivity index (χ3n) is 5.57. The van der Waals surface area contributed by atoms with Gasteiger partial charge in [-0.2, -0.15) is 0 Å². The summed E-state index contributed by atoms with van der Waals surface area (Å²) in [5, 5.41) is 9.78. The molecule has 2 aliphatic heterocycles. The topological polar surface area (TPSA) is 49.8 Å². The van der Waals surface area contributed by atoms with Gasteiger partial charge in [0.1, 0.15) is 22.9 Å². The zero-order valence-corrected chi connectivity index (χ0v) is 13.3. The standard InChI is InChI=1S/C17H21F2NO3/c1-3-17(9-21)8-10-4-5-14(17)20(10)16(22)15-12(18)6-11(23-2)7-13(15)19/h6-7,10,14,21H,3-5,8-9H2,1-2H3/t10-,14+,17-/m0/s1. The summed E-state index contributed by atoms with van der Waals surface area (Å²) < 4.78 is 33.3. The molecule has 0 unspecified atom stereocenters. The molecule has 0 spiro atoms. The van der Waals surface area contributed by atoms with Crippen molar-refractivity contribution in [2.45, 2.75) is 44.7 Å². The summed E-state index contributed by atoms with van der Waals surface area (Å²) >= 11 is 0. The number of ether oxygens (including phenoxy) is 1. The van der Waals surface area contributed by atoms with E-state index in [9.17, 15) is 18.7 Å². The van der Waals surface area contributed by atoms with Gasteiger partial charge in [0.25, 0.3) is 5.91 Å². The van der Waals surface area contributed by atoms with E-state index in [0.29, 0.717) is 6.42 Å². The average Bonchev–Trinajstić information content (AvgIpc) is 3.09. The Morgan fingerprint density at radius 3 is 2.52 bits per heavy atom. The molecular formula is C17H21F2NO3. The molecule has 1 aromatic carbocycles. The molecule has 0 aliphatic carbocycles. The van der Waals surface area contributed by atoms with Crippen LogP contribution in [0.25, 0.3) is 0 Å². The molecule has 3 rings (SSSR count). The fourth-order valence-electron chi connectivity index (χ4n) is 4.26. The van der Waals surface area contributed by atoms with Crippen molar-refractivity contribution in [1.29, 1.82) is 0 Å². The van der Waals surface area contributed by atoms with Crippen LogP contribution in [-0.2, 0) is 0 Å². The zero-order chi connectivity index (χ0) is 16.8. The van der Waals surface area contributed by atoms with Crippen molar-refractivity contribution in [2.24, 2.45) is 5.41 Å². The number of halogens is 2. The number of hydrogen-bond donors (Lipinski definition) is 1. The molecule has 23 heavy (non-hydrogen) atoms. The number of fused-ring (bicyclic) bond motifs is 2. The molecule has 0 radical (unpaired) electrons. The number of rotatable bonds is 4. The number of carbonyl (C=O) groups excluding carboxylic acids is 1. The Morgan fingerprint density at radius 2 is 2.04 bits per heavy atom. The van der Waals surface area contributed by atoms with Gasteiger partial charge in [0.2, 0.25) is 0 Å². The van der Waals surface area contributed by atoms with Gasteiger partial charge in [-0.15, -0.1) is 0 Å². The monoisotopic (exact) mass is 325 g/mol. The molecule has 2 bridgehead atoms. The summed E-state index contributed by atoms with van der Waals surface area (Å²) in [5.74, 6) is -2.41. The first-order valence-corrected chi connectivity index (χ1v) is 7.94. The number of hydrogen-bond acceptors (Lipinski definition) is 3. The lowest BCUT2D eigenvalue weighted by Gasteiger charge is -2.34. The quantitative estimate of drug-likeness (QED) is 0.926. The summed E-state index contributed by atoms with van der Waals surface area (Å²) in [7, 11) is 1.31. The minimum absolute atomic E-state index is 0.0119. The number of amides is 1. The highest BCUT2D eigenvalue weighted by molar-refractivity contribution is 5.96. The van der Waals surface area contributed by atoms with Crippen LogP contribution in [0.15, 0.2) is 12.1 Å². The summed E-state index contributed by atoms with van der Waals surface area (Å²) in [4.78, 5) is 14.4. The molecule has 4 nitrogen and oxygen atoms in total. The maximum absolute atomic E-state index is 14.2. The molecule has 1 N–H and O–H groups in total. The highest BCUT2D eigenvalue weighted by Crippen LogP contribution is 2.52. The van der Waals surface area contributed by atoms with Crippen LogP contribution in [0.1, 0.15) is 43.0 Å². The lowest BCUT2D eigenvalue weighted by Crippen LogP contribution is -2.42. The van der Waals surface area contributed by atoms with Gasteiger partial charge in [-0.1, -0.05) is 6.92 Å². The first-order valence-electron chi connectivity index (χ1n) is 7.94. The number of carbonyl (C=O) groups is 1. The Labute approximate surface area is 134 Å². The number of methoxy groups -OCH3 is 1. The summed E-state index contributed by atoms with van der Waals surface area (Å²) in [6.07, 6.45) is 3.01. The van der Waals surface area contributed by atoms with Gasteiger partial charge in [0.05, 0.1) is 13.7 Å². The van der Waals surface area contributed by atoms with Crippen molar-refractivity contribution >= 4 is 5.91 Å². The maximum Gasteiger partial charge on any atom is 0.260 e. The van der Waals surface area contributed by atoms with E-state index in [1.807, 2.05) is 6.92 Å². The Morgan fingerprint density at radius 1 is 1.39 bits per heavy atom. The van der Waals surface area contributed by atoms with Crippen LogP contribution in [0.2, 0.25) is 0 Å². The molecule has 6 heteroatoms. The lowest BCUT2D eigenvalue weighted by molar-refractivity contribution is 0.0550. The highest BCUT2D eigenvalue weighted by Gasteiger charge is 2.56. The van der Waals surface area contributed by atoms with E-state index in [1.165, 1.54) is 7.11 Å². The number of aliphatic hydroxyl groups excluding tert-OH is 1. The SMILES string of the molecule is CC[C@@]1(CO)C[C@@H]2CC[C@H]1N2C(=O)c1c(F)cc(OC)cc1F. The van der Waals surface area contributed by atoms with Crippen molar-refractivity contribution < 1.29 is 23.4 Å². The summed E-state index contributed by atoms with van der Waals surface area (Å²) in [6, 6.07) is 1.83. The third kappa shape index (κ3) is 2.31. The minimum Gasteiger partial charge on any atom is -0.497 e. The van der Waals surface area contributed by atoms with E-state index in [4.69, 9.17) is 4.74 Å². The van der Waals surface area contributed by atoms with Gasteiger partial charge < -0.3 is 14.7 Å². The largest absolute Gasteiger partial charge is 0.497 e. The number of nitrogens with zero attached hydrogens (tertiary/aromatic N) is 1. The van der Waals surface area contributed by atoms with Crippen molar-refractivity contribution in [1.82, 2.24) is 4.90 Å². The van der Waals surface area contributed by atoms with Crippen LogP contribution in [0.5, 0.6) is 5.75 Å². The van der Waals surface area contributed by atoms with Gasteiger partial charge in [0.15, 0.2) is 0 Å². The van der Waals surface area contributed by atoms with Crippen LogP contribution in [0, 0.1) is 17.0 Å². The van der Waals surface area contributed by atoms with Gasteiger partial charge in [-0.25, -0.2) is 8.78 Å². The van der Waals surface area contributed by atoms with Gasteiger partial charge >= 0.3 is 0 Å². The smallest absolute Gasteiger partial charge is 0.260 e. The Kier molecular flexibility index (Phi) is 4.04. The van der Waals surface area contributed by atoms with Crippen molar-refractivity contribution in [3.05, 3.63) is 29.3 Å². The van der Waals surface area contributed by atoms with Gasteiger partial charge in [-0.05, 0) is 25.7 Å². The molecule has 2 fully saturated rings. The second kappa shape index (κ2) is 5.74. The summed E-state index contributed by atoms with van der Waals surface area (Å²) in [6.45, 7) is 1.97. The van der Waals surface area contributed by atoms with Gasteiger partial charge in [0, 0.05) is 29.6 Å². The van der Waals surface area contributed by atoms with Crippen LogP contribution in [0.4, 0.5) is 8.78 Å². The average molecular weight is 325 g/mol. The van der Waals surface area contributed by atoms with Crippen molar-refractivity contribution in [2.75, 3.05) is 13.7 Å². The third-order valence-corrected chi connectivity index (χ3v) is 5.57.